The Morgan fingerprint density at radius 1 is 1.15 bits per heavy atom. The van der Waals surface area contributed by atoms with E-state index in [0.29, 0.717) is 18.9 Å². The second-order valence-corrected chi connectivity index (χ2v) is 5.65. The molecule has 0 bridgehead atoms. The number of sulfonamides is 1. The van der Waals surface area contributed by atoms with Crippen molar-refractivity contribution in [2.75, 3.05) is 11.9 Å². The predicted octanol–water partition coefficient (Wildman–Crippen LogP) is 0.918. The monoisotopic (exact) mass is 296 g/mol. The third-order valence-corrected chi connectivity index (χ3v) is 3.50. The van der Waals surface area contributed by atoms with E-state index in [1.165, 1.54) is 12.1 Å². The highest BCUT2D eigenvalue weighted by Gasteiger charge is 2.06. The molecule has 0 saturated heterocycles. The first-order valence-electron chi connectivity index (χ1n) is 5.78. The summed E-state index contributed by atoms with van der Waals surface area (Å²) in [6.45, 7) is 0.542. The molecule has 0 radical (unpaired) electrons. The summed E-state index contributed by atoms with van der Waals surface area (Å²) >= 11 is 0. The Balaban J connectivity index is 1.90. The molecule has 1 aromatic heterocycles. The van der Waals surface area contributed by atoms with Crippen LogP contribution in [0.15, 0.2) is 41.6 Å². The Morgan fingerprint density at radius 2 is 1.75 bits per heavy atom. The first kappa shape index (κ1) is 14.4. The minimum atomic E-state index is -3.66. The van der Waals surface area contributed by atoms with Gasteiger partial charge in [0.25, 0.3) is 0 Å². The molecule has 3 N–H and O–H groups in total. The second-order valence-electron chi connectivity index (χ2n) is 4.09. The van der Waals surface area contributed by atoms with Gasteiger partial charge >= 0.3 is 0 Å². The van der Waals surface area contributed by atoms with Crippen LogP contribution in [0, 0.1) is 5.82 Å². The molecule has 0 fully saturated rings. The molecule has 20 heavy (non-hydrogen) atoms. The van der Waals surface area contributed by atoms with Gasteiger partial charge in [0.2, 0.25) is 16.0 Å². The summed E-state index contributed by atoms with van der Waals surface area (Å²) in [7, 11) is -3.66. The molecule has 106 valence electrons. The summed E-state index contributed by atoms with van der Waals surface area (Å²) < 4.78 is 34.8. The standard InChI is InChI=1S/C12H13FN4O2S/c13-10-7-16-12(17-8-10)15-6-5-9-1-3-11(4-2-9)20(14,18)19/h1-4,7-8H,5-6H2,(H2,14,18,19)(H,15,16,17). The number of nitrogens with one attached hydrogen (secondary N) is 1. The average Bonchev–Trinajstić information content (AvgIpc) is 2.41. The van der Waals surface area contributed by atoms with E-state index < -0.39 is 15.8 Å². The summed E-state index contributed by atoms with van der Waals surface area (Å²) in [6.07, 6.45) is 2.80. The zero-order chi connectivity index (χ0) is 14.6. The zero-order valence-electron chi connectivity index (χ0n) is 10.5. The van der Waals surface area contributed by atoms with Gasteiger partial charge in [-0.15, -0.1) is 0 Å². The van der Waals surface area contributed by atoms with Crippen LogP contribution in [0.5, 0.6) is 0 Å². The highest BCUT2D eigenvalue weighted by Crippen LogP contribution is 2.09. The molecule has 0 amide bonds. The van der Waals surface area contributed by atoms with Gasteiger partial charge < -0.3 is 5.32 Å². The highest BCUT2D eigenvalue weighted by molar-refractivity contribution is 7.89. The number of hydrogen-bond acceptors (Lipinski definition) is 5. The second kappa shape index (κ2) is 5.93. The highest BCUT2D eigenvalue weighted by atomic mass is 32.2. The van der Waals surface area contributed by atoms with Crippen molar-refractivity contribution in [1.29, 1.82) is 0 Å². The van der Waals surface area contributed by atoms with E-state index in [2.05, 4.69) is 15.3 Å². The quantitative estimate of drug-likeness (QED) is 0.855. The summed E-state index contributed by atoms with van der Waals surface area (Å²) in [5.41, 5.74) is 0.937. The first-order valence-corrected chi connectivity index (χ1v) is 7.33. The van der Waals surface area contributed by atoms with Crippen molar-refractivity contribution in [2.45, 2.75) is 11.3 Å². The molecule has 0 atom stereocenters. The van der Waals surface area contributed by atoms with Crippen LogP contribution < -0.4 is 10.5 Å². The first-order chi connectivity index (χ1) is 9.45. The van der Waals surface area contributed by atoms with Gasteiger partial charge in [-0.05, 0) is 24.1 Å². The molecule has 8 heteroatoms. The Bertz CT molecular complexity index is 672. The number of hydrogen-bond donors (Lipinski definition) is 2. The molecule has 0 aliphatic carbocycles. The topological polar surface area (TPSA) is 98.0 Å². The molecule has 0 unspecified atom stereocenters. The van der Waals surface area contributed by atoms with Crippen LogP contribution in [0.1, 0.15) is 5.56 Å². The largest absolute Gasteiger partial charge is 0.354 e. The van der Waals surface area contributed by atoms with Crippen molar-refractivity contribution in [3.63, 3.8) is 0 Å². The average molecular weight is 296 g/mol. The Hall–Kier alpha value is -2.06. The third-order valence-electron chi connectivity index (χ3n) is 2.57. The normalized spacial score (nSPS) is 11.3. The third kappa shape index (κ3) is 3.97. The lowest BCUT2D eigenvalue weighted by atomic mass is 10.1. The number of aromatic nitrogens is 2. The Morgan fingerprint density at radius 3 is 2.30 bits per heavy atom. The molecule has 2 rings (SSSR count). The van der Waals surface area contributed by atoms with Gasteiger partial charge in [0.15, 0.2) is 5.82 Å². The maximum absolute atomic E-state index is 12.6. The lowest BCUT2D eigenvalue weighted by molar-refractivity contribution is 0.597. The molecular weight excluding hydrogens is 283 g/mol. The Labute approximate surface area is 115 Å². The van der Waals surface area contributed by atoms with Crippen LogP contribution in [0.3, 0.4) is 0 Å². The van der Waals surface area contributed by atoms with E-state index in [9.17, 15) is 12.8 Å². The van der Waals surface area contributed by atoms with E-state index in [-0.39, 0.29) is 4.90 Å². The van der Waals surface area contributed by atoms with Crippen molar-refractivity contribution in [3.05, 3.63) is 48.0 Å². The molecule has 0 saturated carbocycles. The zero-order valence-corrected chi connectivity index (χ0v) is 11.3. The molecule has 0 aliphatic rings. The maximum Gasteiger partial charge on any atom is 0.238 e. The van der Waals surface area contributed by atoms with Gasteiger partial charge in [-0.1, -0.05) is 12.1 Å². The minimum Gasteiger partial charge on any atom is -0.354 e. The van der Waals surface area contributed by atoms with Gasteiger partial charge in [0, 0.05) is 6.54 Å². The van der Waals surface area contributed by atoms with Crippen LogP contribution in [-0.4, -0.2) is 24.9 Å². The van der Waals surface area contributed by atoms with Gasteiger partial charge in [-0.2, -0.15) is 0 Å². The number of primary sulfonamides is 1. The molecule has 1 heterocycles. The van der Waals surface area contributed by atoms with Gasteiger partial charge in [-0.3, -0.25) is 0 Å². The SMILES string of the molecule is NS(=O)(=O)c1ccc(CCNc2ncc(F)cn2)cc1. The lowest BCUT2D eigenvalue weighted by Gasteiger charge is -2.05. The fourth-order valence-electron chi connectivity index (χ4n) is 1.57. The van der Waals surface area contributed by atoms with Crippen molar-refractivity contribution in [3.8, 4) is 0 Å². The van der Waals surface area contributed by atoms with Crippen LogP contribution in [0.4, 0.5) is 10.3 Å². The summed E-state index contributed by atoms with van der Waals surface area (Å²) in [5.74, 6) is -0.151. The van der Waals surface area contributed by atoms with Crippen LogP contribution >= 0.6 is 0 Å². The van der Waals surface area contributed by atoms with E-state index >= 15 is 0 Å². The number of rotatable bonds is 5. The van der Waals surface area contributed by atoms with Crippen molar-refractivity contribution in [1.82, 2.24) is 9.97 Å². The van der Waals surface area contributed by atoms with Crippen molar-refractivity contribution in [2.24, 2.45) is 5.14 Å². The summed E-state index contributed by atoms with van der Waals surface area (Å²) in [5, 5.41) is 7.94. The van der Waals surface area contributed by atoms with Gasteiger partial charge in [0.1, 0.15) is 0 Å². The molecular formula is C12H13FN4O2S. The fourth-order valence-corrected chi connectivity index (χ4v) is 2.08. The van der Waals surface area contributed by atoms with Gasteiger partial charge in [-0.25, -0.2) is 27.9 Å². The van der Waals surface area contributed by atoms with E-state index in [0.717, 1.165) is 18.0 Å². The minimum absolute atomic E-state index is 0.0797. The molecule has 2 aromatic rings. The van der Waals surface area contributed by atoms with Crippen LogP contribution in [-0.2, 0) is 16.4 Å². The Kier molecular flexibility index (Phi) is 4.26. The molecule has 1 aromatic carbocycles. The van der Waals surface area contributed by atoms with Gasteiger partial charge in [0.05, 0.1) is 17.3 Å². The van der Waals surface area contributed by atoms with Crippen molar-refractivity contribution >= 4 is 16.0 Å². The predicted molar refractivity (Wildman–Crippen MR) is 72.0 cm³/mol. The van der Waals surface area contributed by atoms with Crippen LogP contribution in [0.25, 0.3) is 0 Å². The van der Waals surface area contributed by atoms with Crippen LogP contribution in [0.2, 0.25) is 0 Å². The fraction of sp³-hybridized carbons (Fsp3) is 0.167. The van der Waals surface area contributed by atoms with Crippen molar-refractivity contribution < 1.29 is 12.8 Å². The number of halogens is 1. The smallest absolute Gasteiger partial charge is 0.238 e. The van der Waals surface area contributed by atoms with E-state index in [1.807, 2.05) is 0 Å². The molecule has 6 nitrogen and oxygen atoms in total. The number of nitrogens with zero attached hydrogens (tertiary/aromatic N) is 2. The number of anilines is 1. The molecule has 0 aliphatic heterocycles. The number of benzene rings is 1. The van der Waals surface area contributed by atoms with E-state index in [4.69, 9.17) is 5.14 Å². The van der Waals surface area contributed by atoms with E-state index in [1.54, 1.807) is 12.1 Å². The summed E-state index contributed by atoms with van der Waals surface area (Å²) in [4.78, 5) is 7.61. The molecule has 0 spiro atoms. The lowest BCUT2D eigenvalue weighted by Crippen LogP contribution is -2.12. The summed E-state index contributed by atoms with van der Waals surface area (Å²) in [6, 6.07) is 6.29. The maximum atomic E-state index is 12.6. The number of nitrogens with two attached hydrogens (primary N) is 1.